The first-order chi connectivity index (χ1) is 7.79. The molecule has 2 rings (SSSR count). The molecule has 0 amide bonds. The summed E-state index contributed by atoms with van der Waals surface area (Å²) in [6, 6.07) is 7.73. The molecule has 0 radical (unpaired) electrons. The molecular weight excluding hydrogens is 220 g/mol. The number of hydrogen-bond acceptors (Lipinski definition) is 4. The summed E-state index contributed by atoms with van der Waals surface area (Å²) in [5.41, 5.74) is 8.53. The predicted molar refractivity (Wildman–Crippen MR) is 69.6 cm³/mol. The van der Waals surface area contributed by atoms with Crippen molar-refractivity contribution in [2.24, 2.45) is 0 Å². The van der Waals surface area contributed by atoms with Crippen molar-refractivity contribution in [3.8, 4) is 5.75 Å². The predicted octanol–water partition coefficient (Wildman–Crippen LogP) is 3.47. The van der Waals surface area contributed by atoms with Crippen LogP contribution >= 0.6 is 11.3 Å². The molecule has 3 N–H and O–H groups in total. The Morgan fingerprint density at radius 2 is 2.19 bits per heavy atom. The highest BCUT2D eigenvalue weighted by atomic mass is 32.1. The second kappa shape index (κ2) is 4.90. The van der Waals surface area contributed by atoms with Crippen molar-refractivity contribution in [2.75, 3.05) is 17.7 Å². The van der Waals surface area contributed by atoms with Crippen molar-refractivity contribution < 1.29 is 4.74 Å². The first-order valence-corrected chi connectivity index (χ1v) is 6.05. The molecule has 1 aromatic carbocycles. The van der Waals surface area contributed by atoms with E-state index in [1.807, 2.05) is 36.6 Å². The number of rotatable bonds is 4. The van der Waals surface area contributed by atoms with Crippen LogP contribution in [0.1, 0.15) is 6.92 Å². The van der Waals surface area contributed by atoms with Gasteiger partial charge in [-0.1, -0.05) is 0 Å². The highest BCUT2D eigenvalue weighted by Crippen LogP contribution is 2.28. The summed E-state index contributed by atoms with van der Waals surface area (Å²) in [4.78, 5) is 0. The Kier molecular flexibility index (Phi) is 3.31. The van der Waals surface area contributed by atoms with Gasteiger partial charge >= 0.3 is 0 Å². The van der Waals surface area contributed by atoms with Crippen LogP contribution in [0.2, 0.25) is 0 Å². The van der Waals surface area contributed by atoms with Crippen molar-refractivity contribution in [1.82, 2.24) is 0 Å². The fraction of sp³-hybridized carbons (Fsp3) is 0.167. The van der Waals surface area contributed by atoms with Crippen LogP contribution in [0.15, 0.2) is 35.0 Å². The zero-order valence-electron chi connectivity index (χ0n) is 9.07. The molecule has 0 unspecified atom stereocenters. The molecule has 0 bridgehead atoms. The van der Waals surface area contributed by atoms with Crippen molar-refractivity contribution >= 4 is 28.4 Å². The number of hydrogen-bond donors (Lipinski definition) is 2. The minimum atomic E-state index is 0.617. The molecule has 2 aromatic rings. The van der Waals surface area contributed by atoms with Gasteiger partial charge in [-0.05, 0) is 30.5 Å². The number of nitrogen functional groups attached to an aromatic ring is 1. The van der Waals surface area contributed by atoms with Gasteiger partial charge in [0.2, 0.25) is 0 Å². The molecule has 0 fully saturated rings. The number of benzene rings is 1. The van der Waals surface area contributed by atoms with Crippen molar-refractivity contribution in [3.05, 3.63) is 35.0 Å². The largest absolute Gasteiger partial charge is 0.492 e. The Morgan fingerprint density at radius 3 is 2.88 bits per heavy atom. The standard InChI is InChI=1S/C12H14N2OS/c1-2-15-12-7-9(3-4-11(12)13)14-10-5-6-16-8-10/h3-8,14H,2,13H2,1H3. The molecule has 0 atom stereocenters. The van der Waals surface area contributed by atoms with E-state index in [1.165, 1.54) is 0 Å². The maximum atomic E-state index is 5.80. The lowest BCUT2D eigenvalue weighted by Crippen LogP contribution is -1.98. The maximum absolute atomic E-state index is 5.80. The number of ether oxygens (including phenoxy) is 1. The van der Waals surface area contributed by atoms with Crippen LogP contribution in [0, 0.1) is 0 Å². The summed E-state index contributed by atoms with van der Waals surface area (Å²) >= 11 is 1.66. The van der Waals surface area contributed by atoms with Crippen molar-refractivity contribution in [1.29, 1.82) is 0 Å². The van der Waals surface area contributed by atoms with E-state index in [0.29, 0.717) is 12.3 Å². The monoisotopic (exact) mass is 234 g/mol. The maximum Gasteiger partial charge on any atom is 0.144 e. The van der Waals surface area contributed by atoms with Crippen LogP contribution in [0.25, 0.3) is 0 Å². The SMILES string of the molecule is CCOc1cc(Nc2ccsc2)ccc1N. The van der Waals surface area contributed by atoms with Gasteiger partial charge in [0.1, 0.15) is 5.75 Å². The van der Waals surface area contributed by atoms with Gasteiger partial charge in [-0.3, -0.25) is 0 Å². The van der Waals surface area contributed by atoms with E-state index in [9.17, 15) is 0 Å². The fourth-order valence-corrected chi connectivity index (χ4v) is 1.98. The molecule has 0 saturated heterocycles. The molecule has 1 aromatic heterocycles. The highest BCUT2D eigenvalue weighted by molar-refractivity contribution is 7.08. The number of anilines is 3. The van der Waals surface area contributed by atoms with E-state index >= 15 is 0 Å². The smallest absolute Gasteiger partial charge is 0.144 e. The Bertz CT molecular complexity index is 454. The molecule has 1 heterocycles. The molecule has 0 saturated carbocycles. The molecule has 0 aliphatic heterocycles. The summed E-state index contributed by atoms with van der Waals surface area (Å²) in [7, 11) is 0. The molecule has 0 spiro atoms. The van der Waals surface area contributed by atoms with Crippen LogP contribution in [-0.2, 0) is 0 Å². The summed E-state index contributed by atoms with van der Waals surface area (Å²) < 4.78 is 5.43. The molecule has 84 valence electrons. The first kappa shape index (κ1) is 10.8. The zero-order valence-corrected chi connectivity index (χ0v) is 9.88. The lowest BCUT2D eigenvalue weighted by Gasteiger charge is -2.10. The van der Waals surface area contributed by atoms with E-state index in [4.69, 9.17) is 10.5 Å². The molecular formula is C12H14N2OS. The Balaban J connectivity index is 2.19. The minimum Gasteiger partial charge on any atom is -0.492 e. The number of thiophene rings is 1. The molecule has 4 heteroatoms. The summed E-state index contributed by atoms with van der Waals surface area (Å²) in [6.07, 6.45) is 0. The second-order valence-electron chi connectivity index (χ2n) is 3.32. The van der Waals surface area contributed by atoms with Gasteiger partial charge in [0.25, 0.3) is 0 Å². The third-order valence-electron chi connectivity index (χ3n) is 2.12. The first-order valence-electron chi connectivity index (χ1n) is 5.11. The number of nitrogens with two attached hydrogens (primary N) is 1. The van der Waals surface area contributed by atoms with Gasteiger partial charge in [0, 0.05) is 22.8 Å². The quantitative estimate of drug-likeness (QED) is 0.796. The Labute approximate surface area is 98.9 Å². The van der Waals surface area contributed by atoms with E-state index < -0.39 is 0 Å². The van der Waals surface area contributed by atoms with Crippen LogP contribution in [0.5, 0.6) is 5.75 Å². The van der Waals surface area contributed by atoms with Crippen LogP contribution in [0.3, 0.4) is 0 Å². The minimum absolute atomic E-state index is 0.617. The fourth-order valence-electron chi connectivity index (χ4n) is 1.39. The number of nitrogens with one attached hydrogen (secondary N) is 1. The van der Waals surface area contributed by atoms with Gasteiger partial charge in [0.05, 0.1) is 12.3 Å². The van der Waals surface area contributed by atoms with Crippen LogP contribution in [-0.4, -0.2) is 6.61 Å². The average molecular weight is 234 g/mol. The highest BCUT2D eigenvalue weighted by Gasteiger charge is 2.02. The summed E-state index contributed by atoms with van der Waals surface area (Å²) in [5, 5.41) is 7.37. The molecule has 3 nitrogen and oxygen atoms in total. The van der Waals surface area contributed by atoms with E-state index in [0.717, 1.165) is 17.1 Å². The molecule has 0 aliphatic rings. The second-order valence-corrected chi connectivity index (χ2v) is 4.10. The normalized spacial score (nSPS) is 10.1. The van der Waals surface area contributed by atoms with E-state index in [2.05, 4.69) is 10.7 Å². The third-order valence-corrected chi connectivity index (χ3v) is 2.81. The van der Waals surface area contributed by atoms with Gasteiger partial charge in [-0.15, -0.1) is 0 Å². The lowest BCUT2D eigenvalue weighted by molar-refractivity contribution is 0.342. The molecule has 16 heavy (non-hydrogen) atoms. The van der Waals surface area contributed by atoms with Gasteiger partial charge in [-0.25, -0.2) is 0 Å². The average Bonchev–Trinajstić information content (AvgIpc) is 2.76. The topological polar surface area (TPSA) is 47.3 Å². The van der Waals surface area contributed by atoms with Crippen molar-refractivity contribution in [2.45, 2.75) is 6.92 Å². The Hall–Kier alpha value is -1.68. The summed E-state index contributed by atoms with van der Waals surface area (Å²) in [6.45, 7) is 2.56. The molecule has 0 aliphatic carbocycles. The van der Waals surface area contributed by atoms with Crippen LogP contribution < -0.4 is 15.8 Å². The summed E-state index contributed by atoms with van der Waals surface area (Å²) in [5.74, 6) is 0.725. The van der Waals surface area contributed by atoms with Gasteiger partial charge in [-0.2, -0.15) is 11.3 Å². The van der Waals surface area contributed by atoms with E-state index in [-0.39, 0.29) is 0 Å². The van der Waals surface area contributed by atoms with E-state index in [1.54, 1.807) is 11.3 Å². The van der Waals surface area contributed by atoms with Gasteiger partial charge < -0.3 is 15.8 Å². The lowest BCUT2D eigenvalue weighted by atomic mass is 10.2. The van der Waals surface area contributed by atoms with Crippen LogP contribution in [0.4, 0.5) is 17.1 Å². The van der Waals surface area contributed by atoms with Crippen molar-refractivity contribution in [3.63, 3.8) is 0 Å². The third kappa shape index (κ3) is 2.46. The van der Waals surface area contributed by atoms with Gasteiger partial charge in [0.15, 0.2) is 0 Å². The zero-order chi connectivity index (χ0) is 11.4. The Morgan fingerprint density at radius 1 is 1.31 bits per heavy atom.